The van der Waals surface area contributed by atoms with Crippen molar-refractivity contribution >= 4 is 5.97 Å². The van der Waals surface area contributed by atoms with E-state index in [1.807, 2.05) is 0 Å². The monoisotopic (exact) mass is 362 g/mol. The van der Waals surface area contributed by atoms with Gasteiger partial charge in [-0.05, 0) is 13.3 Å². The number of aliphatic hydroxyl groups is 3. The lowest BCUT2D eigenvalue weighted by molar-refractivity contribution is -0.304. The number of rotatable bonds is 11. The molecule has 0 aromatic rings. The SMILES string of the molecule is CCCCCCCCC(CC(=O)OC)OC1OC(C)C(O)C(O)C1O. The molecule has 1 rings (SSSR count). The third-order valence-corrected chi connectivity index (χ3v) is 4.64. The summed E-state index contributed by atoms with van der Waals surface area (Å²) in [4.78, 5) is 11.6. The molecular weight excluding hydrogens is 328 g/mol. The number of ether oxygens (including phenoxy) is 3. The average Bonchev–Trinajstić information content (AvgIpc) is 2.60. The summed E-state index contributed by atoms with van der Waals surface area (Å²) in [5.41, 5.74) is 0. The Balaban J connectivity index is 2.52. The quantitative estimate of drug-likeness (QED) is 0.378. The second kappa shape index (κ2) is 11.8. The van der Waals surface area contributed by atoms with E-state index in [9.17, 15) is 20.1 Å². The molecule has 3 N–H and O–H groups in total. The van der Waals surface area contributed by atoms with E-state index < -0.39 is 42.8 Å². The molecule has 6 unspecified atom stereocenters. The first-order chi connectivity index (χ1) is 11.9. The molecule has 1 aliphatic rings. The third kappa shape index (κ3) is 7.58. The van der Waals surface area contributed by atoms with Gasteiger partial charge in [0.1, 0.15) is 18.3 Å². The molecule has 6 atom stereocenters. The van der Waals surface area contributed by atoms with Crippen LogP contribution in [0.1, 0.15) is 65.2 Å². The lowest BCUT2D eigenvalue weighted by Gasteiger charge is -2.40. The summed E-state index contributed by atoms with van der Waals surface area (Å²) in [6, 6.07) is 0. The normalized spacial score (nSPS) is 30.9. The maximum absolute atomic E-state index is 11.6. The van der Waals surface area contributed by atoms with Crippen LogP contribution < -0.4 is 0 Å². The van der Waals surface area contributed by atoms with Crippen molar-refractivity contribution in [1.29, 1.82) is 0 Å². The van der Waals surface area contributed by atoms with Gasteiger partial charge in [-0.1, -0.05) is 45.4 Å². The molecule has 0 aromatic heterocycles. The first kappa shape index (κ1) is 22.3. The summed E-state index contributed by atoms with van der Waals surface area (Å²) in [5.74, 6) is -0.394. The van der Waals surface area contributed by atoms with Gasteiger partial charge < -0.3 is 29.5 Å². The number of hydrogen-bond donors (Lipinski definition) is 3. The van der Waals surface area contributed by atoms with Gasteiger partial charge in [0.15, 0.2) is 6.29 Å². The van der Waals surface area contributed by atoms with Crippen molar-refractivity contribution in [2.75, 3.05) is 7.11 Å². The highest BCUT2D eigenvalue weighted by molar-refractivity contribution is 5.69. The summed E-state index contributed by atoms with van der Waals surface area (Å²) < 4.78 is 15.9. The van der Waals surface area contributed by atoms with E-state index in [2.05, 4.69) is 6.92 Å². The maximum Gasteiger partial charge on any atom is 0.308 e. The molecule has 0 radical (unpaired) electrons. The van der Waals surface area contributed by atoms with Gasteiger partial charge in [-0.25, -0.2) is 0 Å². The molecule has 1 saturated heterocycles. The smallest absolute Gasteiger partial charge is 0.308 e. The van der Waals surface area contributed by atoms with Crippen molar-refractivity contribution in [3.8, 4) is 0 Å². The molecule has 0 saturated carbocycles. The lowest BCUT2D eigenvalue weighted by Crippen LogP contribution is -2.58. The number of hydrogen-bond acceptors (Lipinski definition) is 7. The van der Waals surface area contributed by atoms with E-state index in [1.165, 1.54) is 26.4 Å². The van der Waals surface area contributed by atoms with Crippen LogP contribution in [0.3, 0.4) is 0 Å². The summed E-state index contributed by atoms with van der Waals surface area (Å²) in [7, 11) is 1.32. The van der Waals surface area contributed by atoms with Gasteiger partial charge in [0.25, 0.3) is 0 Å². The Hall–Kier alpha value is -0.730. The molecule has 1 heterocycles. The topological polar surface area (TPSA) is 105 Å². The van der Waals surface area contributed by atoms with Gasteiger partial charge in [-0.3, -0.25) is 4.79 Å². The standard InChI is InChI=1S/C18H34O7/c1-4-5-6-7-8-9-10-13(11-14(19)23-3)25-18-17(22)16(21)15(20)12(2)24-18/h12-13,15-18,20-22H,4-11H2,1-3H3. The van der Waals surface area contributed by atoms with Crippen LogP contribution in [0.2, 0.25) is 0 Å². The van der Waals surface area contributed by atoms with Gasteiger partial charge in [0, 0.05) is 0 Å². The highest BCUT2D eigenvalue weighted by Gasteiger charge is 2.43. The number of unbranched alkanes of at least 4 members (excludes halogenated alkanes) is 5. The van der Waals surface area contributed by atoms with E-state index in [0.717, 1.165) is 19.3 Å². The Morgan fingerprint density at radius 1 is 1.04 bits per heavy atom. The van der Waals surface area contributed by atoms with Crippen LogP contribution >= 0.6 is 0 Å². The molecule has 7 nitrogen and oxygen atoms in total. The molecule has 25 heavy (non-hydrogen) atoms. The zero-order chi connectivity index (χ0) is 18.8. The van der Waals surface area contributed by atoms with Crippen molar-refractivity contribution in [2.24, 2.45) is 0 Å². The molecule has 1 aliphatic heterocycles. The summed E-state index contributed by atoms with van der Waals surface area (Å²) >= 11 is 0. The van der Waals surface area contributed by atoms with Gasteiger partial charge in [0.2, 0.25) is 0 Å². The van der Waals surface area contributed by atoms with E-state index in [1.54, 1.807) is 6.92 Å². The predicted octanol–water partition coefficient (Wildman–Crippen LogP) is 1.51. The van der Waals surface area contributed by atoms with Gasteiger partial charge >= 0.3 is 5.97 Å². The fourth-order valence-corrected chi connectivity index (χ4v) is 2.96. The first-order valence-corrected chi connectivity index (χ1v) is 9.32. The molecule has 7 heteroatoms. The average molecular weight is 362 g/mol. The summed E-state index contributed by atoms with van der Waals surface area (Å²) in [5, 5.41) is 29.7. The van der Waals surface area contributed by atoms with Crippen molar-refractivity contribution in [3.63, 3.8) is 0 Å². The van der Waals surface area contributed by atoms with Crippen LogP contribution in [0.25, 0.3) is 0 Å². The highest BCUT2D eigenvalue weighted by atomic mass is 16.7. The number of carbonyl (C=O) groups is 1. The number of esters is 1. The molecule has 0 spiro atoms. The number of carbonyl (C=O) groups excluding carboxylic acids is 1. The van der Waals surface area contributed by atoms with Gasteiger partial charge in [-0.15, -0.1) is 0 Å². The highest BCUT2D eigenvalue weighted by Crippen LogP contribution is 2.25. The second-order valence-corrected chi connectivity index (χ2v) is 6.78. The van der Waals surface area contributed by atoms with Crippen molar-refractivity contribution in [1.82, 2.24) is 0 Å². The van der Waals surface area contributed by atoms with Crippen LogP contribution in [0, 0.1) is 0 Å². The fraction of sp³-hybridized carbons (Fsp3) is 0.944. The summed E-state index contributed by atoms with van der Waals surface area (Å²) in [6.07, 6.45) is 1.30. The molecule has 0 aromatic carbocycles. The Morgan fingerprint density at radius 3 is 2.32 bits per heavy atom. The largest absolute Gasteiger partial charge is 0.469 e. The minimum atomic E-state index is -1.36. The molecule has 0 aliphatic carbocycles. The minimum Gasteiger partial charge on any atom is -0.469 e. The van der Waals surface area contributed by atoms with Crippen LogP contribution in [-0.2, 0) is 19.0 Å². The number of methoxy groups -OCH3 is 1. The Labute approximate surface area is 150 Å². The zero-order valence-corrected chi connectivity index (χ0v) is 15.6. The first-order valence-electron chi connectivity index (χ1n) is 9.32. The molecule has 0 bridgehead atoms. The maximum atomic E-state index is 11.6. The molecular formula is C18H34O7. The molecule has 0 amide bonds. The van der Waals surface area contributed by atoms with Crippen molar-refractivity contribution < 1.29 is 34.3 Å². The van der Waals surface area contributed by atoms with Crippen LogP contribution in [0.5, 0.6) is 0 Å². The van der Waals surface area contributed by atoms with E-state index >= 15 is 0 Å². The third-order valence-electron chi connectivity index (χ3n) is 4.64. The Bertz CT molecular complexity index is 376. The van der Waals surface area contributed by atoms with Crippen LogP contribution in [-0.4, -0.2) is 65.2 Å². The van der Waals surface area contributed by atoms with E-state index in [-0.39, 0.29) is 6.42 Å². The van der Waals surface area contributed by atoms with Crippen molar-refractivity contribution in [3.05, 3.63) is 0 Å². The van der Waals surface area contributed by atoms with Gasteiger partial charge in [-0.2, -0.15) is 0 Å². The van der Waals surface area contributed by atoms with Crippen molar-refractivity contribution in [2.45, 2.75) is 102 Å². The molecule has 148 valence electrons. The molecule has 1 fully saturated rings. The summed E-state index contributed by atoms with van der Waals surface area (Å²) in [6.45, 7) is 3.77. The van der Waals surface area contributed by atoms with Gasteiger partial charge in [0.05, 0.1) is 25.7 Å². The zero-order valence-electron chi connectivity index (χ0n) is 15.6. The number of aliphatic hydroxyl groups excluding tert-OH is 3. The lowest BCUT2D eigenvalue weighted by atomic mass is 9.99. The van der Waals surface area contributed by atoms with Crippen LogP contribution in [0.4, 0.5) is 0 Å². The van der Waals surface area contributed by atoms with E-state index in [4.69, 9.17) is 14.2 Å². The van der Waals surface area contributed by atoms with E-state index in [0.29, 0.717) is 6.42 Å². The Morgan fingerprint density at radius 2 is 1.68 bits per heavy atom. The predicted molar refractivity (Wildman–Crippen MR) is 91.9 cm³/mol. The Kier molecular flexibility index (Phi) is 10.5. The van der Waals surface area contributed by atoms with Crippen LogP contribution in [0.15, 0.2) is 0 Å². The minimum absolute atomic E-state index is 0.0606. The fourth-order valence-electron chi connectivity index (χ4n) is 2.96. The second-order valence-electron chi connectivity index (χ2n) is 6.78.